The molecular formula is C26H27FN4O3. The number of carbonyl (C=O) groups excluding carboxylic acids is 2. The Bertz CT molecular complexity index is 1250. The number of amides is 1. The first kappa shape index (κ1) is 23.4. The van der Waals surface area contributed by atoms with Crippen molar-refractivity contribution in [3.05, 3.63) is 89.0 Å². The Kier molecular flexibility index (Phi) is 6.61. The molecule has 3 aromatic rings. The number of benzene rings is 2. The summed E-state index contributed by atoms with van der Waals surface area (Å²) in [5, 5.41) is 15.7. The van der Waals surface area contributed by atoms with Gasteiger partial charge in [0.2, 0.25) is 0 Å². The zero-order valence-electron chi connectivity index (χ0n) is 19.4. The van der Waals surface area contributed by atoms with E-state index in [-0.39, 0.29) is 23.4 Å². The fourth-order valence-corrected chi connectivity index (χ4v) is 4.30. The highest BCUT2D eigenvalue weighted by Gasteiger charge is 2.47. The van der Waals surface area contributed by atoms with Gasteiger partial charge in [0, 0.05) is 12.1 Å². The fourth-order valence-electron chi connectivity index (χ4n) is 4.30. The molecule has 1 aromatic heterocycles. The highest BCUT2D eigenvalue weighted by Crippen LogP contribution is 2.40. The van der Waals surface area contributed by atoms with E-state index >= 15 is 0 Å². The molecule has 2 aromatic carbocycles. The van der Waals surface area contributed by atoms with Gasteiger partial charge in [-0.3, -0.25) is 9.59 Å². The normalized spacial score (nSPS) is 17.7. The quantitative estimate of drug-likeness (QED) is 0.329. The molecule has 1 fully saturated rings. The number of carbonyl (C=O) groups is 2. The van der Waals surface area contributed by atoms with Crippen LogP contribution in [0.5, 0.6) is 0 Å². The molecule has 0 bridgehead atoms. The van der Waals surface area contributed by atoms with E-state index in [4.69, 9.17) is 0 Å². The number of aliphatic hydroxyl groups is 1. The second-order valence-electron chi connectivity index (χ2n) is 8.56. The van der Waals surface area contributed by atoms with E-state index in [0.717, 1.165) is 5.69 Å². The predicted octanol–water partition coefficient (Wildman–Crippen LogP) is 3.69. The van der Waals surface area contributed by atoms with Gasteiger partial charge < -0.3 is 14.9 Å². The van der Waals surface area contributed by atoms with E-state index in [2.05, 4.69) is 5.10 Å². The lowest BCUT2D eigenvalue weighted by molar-refractivity contribution is -0.140. The third-order valence-corrected chi connectivity index (χ3v) is 6.01. The summed E-state index contributed by atoms with van der Waals surface area (Å²) in [6, 6.07) is 14.4. The summed E-state index contributed by atoms with van der Waals surface area (Å²) in [6.07, 6.45) is 2.05. The third kappa shape index (κ3) is 4.24. The zero-order valence-corrected chi connectivity index (χ0v) is 19.4. The van der Waals surface area contributed by atoms with Crippen LogP contribution in [0.25, 0.3) is 11.4 Å². The molecular weight excluding hydrogens is 435 g/mol. The average molecular weight is 463 g/mol. The molecule has 1 atom stereocenters. The molecule has 1 aliphatic rings. The van der Waals surface area contributed by atoms with Gasteiger partial charge in [0.25, 0.3) is 11.7 Å². The highest BCUT2D eigenvalue weighted by atomic mass is 19.1. The molecule has 1 aliphatic heterocycles. The molecule has 34 heavy (non-hydrogen) atoms. The number of nitrogens with zero attached hydrogens (tertiary/aromatic N) is 4. The summed E-state index contributed by atoms with van der Waals surface area (Å²) in [5.74, 6) is -2.49. The Labute approximate surface area is 197 Å². The maximum absolute atomic E-state index is 14.9. The largest absolute Gasteiger partial charge is 0.507 e. The number of Topliss-reactive ketones (excluding diaryl/α,β-unsaturated/α-hetero) is 1. The zero-order chi connectivity index (χ0) is 24.4. The van der Waals surface area contributed by atoms with Crippen LogP contribution in [0.3, 0.4) is 0 Å². The van der Waals surface area contributed by atoms with Gasteiger partial charge in [-0.05, 0) is 52.2 Å². The van der Waals surface area contributed by atoms with Crippen LogP contribution >= 0.6 is 0 Å². The number of para-hydroxylation sites is 1. The minimum atomic E-state index is -1.03. The van der Waals surface area contributed by atoms with Crippen LogP contribution in [0.1, 0.15) is 29.3 Å². The average Bonchev–Trinajstić information content (AvgIpc) is 3.32. The second kappa shape index (κ2) is 9.61. The number of aliphatic hydroxyl groups excluding tert-OH is 1. The van der Waals surface area contributed by atoms with Crippen molar-refractivity contribution in [3.8, 4) is 5.69 Å². The van der Waals surface area contributed by atoms with Crippen LogP contribution in [-0.4, -0.2) is 63.6 Å². The lowest BCUT2D eigenvalue weighted by Gasteiger charge is -2.26. The number of ketones is 1. The SMILES string of the molecule is Cc1c(C(O)=C2C(=O)C(=O)N(CCCN(C)C)[C@@H]2c2ccccc2F)cnn1-c1ccccc1. The molecule has 7 nitrogen and oxygen atoms in total. The molecule has 2 heterocycles. The summed E-state index contributed by atoms with van der Waals surface area (Å²) in [4.78, 5) is 29.5. The van der Waals surface area contributed by atoms with E-state index < -0.39 is 23.5 Å². The van der Waals surface area contributed by atoms with Gasteiger partial charge >= 0.3 is 0 Å². The van der Waals surface area contributed by atoms with E-state index in [0.29, 0.717) is 24.2 Å². The Balaban J connectivity index is 1.83. The molecule has 176 valence electrons. The van der Waals surface area contributed by atoms with Crippen molar-refractivity contribution >= 4 is 17.4 Å². The summed E-state index contributed by atoms with van der Waals surface area (Å²) < 4.78 is 16.5. The molecule has 1 amide bonds. The van der Waals surface area contributed by atoms with Gasteiger partial charge in [-0.15, -0.1) is 0 Å². The van der Waals surface area contributed by atoms with Crippen LogP contribution < -0.4 is 0 Å². The highest BCUT2D eigenvalue weighted by molar-refractivity contribution is 6.46. The molecule has 4 rings (SSSR count). The number of rotatable bonds is 7. The Morgan fingerprint density at radius 3 is 2.44 bits per heavy atom. The lowest BCUT2D eigenvalue weighted by Crippen LogP contribution is -2.32. The van der Waals surface area contributed by atoms with Crippen LogP contribution in [0.15, 0.2) is 66.4 Å². The monoisotopic (exact) mass is 462 g/mol. The van der Waals surface area contributed by atoms with E-state index in [1.165, 1.54) is 17.2 Å². The summed E-state index contributed by atoms with van der Waals surface area (Å²) >= 11 is 0. The maximum atomic E-state index is 14.9. The first-order chi connectivity index (χ1) is 16.3. The van der Waals surface area contributed by atoms with Crippen molar-refractivity contribution in [3.63, 3.8) is 0 Å². The topological polar surface area (TPSA) is 78.7 Å². The lowest BCUT2D eigenvalue weighted by atomic mass is 9.95. The van der Waals surface area contributed by atoms with Crippen molar-refractivity contribution in [1.82, 2.24) is 19.6 Å². The minimum Gasteiger partial charge on any atom is -0.507 e. The molecule has 8 heteroatoms. The van der Waals surface area contributed by atoms with Crippen LogP contribution in [0.4, 0.5) is 4.39 Å². The van der Waals surface area contributed by atoms with Gasteiger partial charge in [0.15, 0.2) is 0 Å². The molecule has 0 radical (unpaired) electrons. The molecule has 0 saturated carbocycles. The Morgan fingerprint density at radius 2 is 1.76 bits per heavy atom. The maximum Gasteiger partial charge on any atom is 0.295 e. The Morgan fingerprint density at radius 1 is 1.09 bits per heavy atom. The number of hydrogen-bond acceptors (Lipinski definition) is 5. The van der Waals surface area contributed by atoms with Gasteiger partial charge in [-0.1, -0.05) is 36.4 Å². The molecule has 0 unspecified atom stereocenters. The molecule has 1 N–H and O–H groups in total. The van der Waals surface area contributed by atoms with Gasteiger partial charge in [0.1, 0.15) is 11.6 Å². The van der Waals surface area contributed by atoms with Gasteiger partial charge in [0.05, 0.1) is 34.8 Å². The standard InChI is InChI=1S/C26H27FN4O3/c1-17-20(16-28-31(17)18-10-5-4-6-11-18)24(32)22-23(19-12-7-8-13-21(19)27)30(26(34)25(22)33)15-9-14-29(2)3/h4-8,10-13,16,23,32H,9,14-15H2,1-3H3/t23-/m1/s1. The number of hydrogen-bond donors (Lipinski definition) is 1. The first-order valence-electron chi connectivity index (χ1n) is 11.1. The van der Waals surface area contributed by atoms with E-state index in [1.54, 1.807) is 29.8 Å². The Hall–Kier alpha value is -3.78. The van der Waals surface area contributed by atoms with Crippen molar-refractivity contribution < 1.29 is 19.1 Å². The second-order valence-corrected chi connectivity index (χ2v) is 8.56. The smallest absolute Gasteiger partial charge is 0.295 e. The first-order valence-corrected chi connectivity index (χ1v) is 11.1. The molecule has 0 aliphatic carbocycles. The van der Waals surface area contributed by atoms with Crippen molar-refractivity contribution in [2.45, 2.75) is 19.4 Å². The summed E-state index contributed by atoms with van der Waals surface area (Å²) in [5.41, 5.74) is 1.73. The minimum absolute atomic E-state index is 0.129. The van der Waals surface area contributed by atoms with Gasteiger partial charge in [-0.25, -0.2) is 9.07 Å². The van der Waals surface area contributed by atoms with Crippen molar-refractivity contribution in [2.75, 3.05) is 27.2 Å². The van der Waals surface area contributed by atoms with E-state index in [1.807, 2.05) is 49.3 Å². The van der Waals surface area contributed by atoms with Crippen LogP contribution in [0, 0.1) is 12.7 Å². The van der Waals surface area contributed by atoms with Crippen LogP contribution in [-0.2, 0) is 9.59 Å². The molecule has 1 saturated heterocycles. The number of aromatic nitrogens is 2. The summed E-state index contributed by atoms with van der Waals surface area (Å²) in [7, 11) is 3.82. The summed E-state index contributed by atoms with van der Waals surface area (Å²) in [6.45, 7) is 2.71. The number of likely N-dealkylation sites (tertiary alicyclic amines) is 1. The van der Waals surface area contributed by atoms with E-state index in [9.17, 15) is 19.1 Å². The fraction of sp³-hybridized carbons (Fsp3) is 0.269. The van der Waals surface area contributed by atoms with Crippen molar-refractivity contribution in [1.29, 1.82) is 0 Å². The van der Waals surface area contributed by atoms with Gasteiger partial charge in [-0.2, -0.15) is 5.10 Å². The number of halogens is 1. The third-order valence-electron chi connectivity index (χ3n) is 6.01. The van der Waals surface area contributed by atoms with Crippen molar-refractivity contribution in [2.24, 2.45) is 0 Å². The van der Waals surface area contributed by atoms with Crippen LogP contribution in [0.2, 0.25) is 0 Å². The predicted molar refractivity (Wildman–Crippen MR) is 127 cm³/mol. The molecule has 0 spiro atoms.